The topological polar surface area (TPSA) is 87.2 Å². The third kappa shape index (κ3) is 4.33. The van der Waals surface area contributed by atoms with Crippen molar-refractivity contribution in [2.75, 3.05) is 26.3 Å². The van der Waals surface area contributed by atoms with E-state index in [0.29, 0.717) is 25.9 Å². The van der Waals surface area contributed by atoms with Crippen molar-refractivity contribution in [2.24, 2.45) is 17.8 Å². The molecule has 0 aromatic heterocycles. The smallest absolute Gasteiger partial charge is 0.310 e. The summed E-state index contributed by atoms with van der Waals surface area (Å²) in [6.07, 6.45) is 4.68. The maximum atomic E-state index is 14.2. The van der Waals surface area contributed by atoms with E-state index >= 15 is 0 Å². The fourth-order valence-corrected chi connectivity index (χ4v) is 8.49. The number of nitrogens with zero attached hydrogens (tertiary/aromatic N) is 2. The van der Waals surface area contributed by atoms with Crippen LogP contribution in [-0.4, -0.2) is 80.6 Å². The summed E-state index contributed by atoms with van der Waals surface area (Å²) in [4.78, 5) is 44.7. The van der Waals surface area contributed by atoms with Crippen LogP contribution < -0.4 is 0 Å². The molecule has 0 saturated carbocycles. The first-order valence-electron chi connectivity index (χ1n) is 12.2. The number of aliphatic hydroxyl groups is 1. The van der Waals surface area contributed by atoms with Crippen molar-refractivity contribution < 1.29 is 24.2 Å². The van der Waals surface area contributed by atoms with Gasteiger partial charge in [-0.25, -0.2) is 0 Å². The van der Waals surface area contributed by atoms with E-state index in [9.17, 15) is 14.4 Å². The molecule has 0 aliphatic carbocycles. The average Bonchev–Trinajstić information content (AvgIpc) is 3.32. The lowest BCUT2D eigenvalue weighted by molar-refractivity contribution is -0.154. The molecule has 0 aromatic rings. The van der Waals surface area contributed by atoms with Crippen molar-refractivity contribution in [3.05, 3.63) is 12.7 Å². The predicted molar refractivity (Wildman–Crippen MR) is 130 cm³/mol. The second kappa shape index (κ2) is 9.98. The normalized spacial score (nSPS) is 32.7. The standard InChI is InChI=1S/C25H40N2O5S/c1-7-12-27(24(4,5)6)22(30)20-25-16(3)15-17(33-25)18(23(31)32-8-2)19(25)21(29)26(20)13-10-9-11-14-28/h7,16-20,28H,1,8-15H2,2-6H3/t16?,17-,18+,19-,20?,25?/m0/s1. The summed E-state index contributed by atoms with van der Waals surface area (Å²) in [5.74, 6) is -1.37. The molecule has 7 nitrogen and oxygen atoms in total. The molecule has 33 heavy (non-hydrogen) atoms. The second-order valence-electron chi connectivity index (χ2n) is 10.5. The van der Waals surface area contributed by atoms with Gasteiger partial charge in [0.25, 0.3) is 0 Å². The van der Waals surface area contributed by atoms with Gasteiger partial charge in [0.2, 0.25) is 11.8 Å². The molecule has 0 aromatic carbocycles. The Kier molecular flexibility index (Phi) is 7.89. The first-order valence-corrected chi connectivity index (χ1v) is 13.1. The van der Waals surface area contributed by atoms with Crippen molar-refractivity contribution in [3.63, 3.8) is 0 Å². The van der Waals surface area contributed by atoms with Gasteiger partial charge >= 0.3 is 5.97 Å². The van der Waals surface area contributed by atoms with Crippen molar-refractivity contribution in [3.8, 4) is 0 Å². The van der Waals surface area contributed by atoms with Crippen LogP contribution >= 0.6 is 11.8 Å². The van der Waals surface area contributed by atoms with E-state index in [0.717, 1.165) is 12.8 Å². The van der Waals surface area contributed by atoms with E-state index in [2.05, 4.69) is 13.5 Å². The SMILES string of the molecule is C=CCN(C(=O)C1N(CCCCCO)C(=O)[C@@H]2[C@H](C(=O)OCC)[C@@H]3CC(C)C12S3)C(C)(C)C. The second-order valence-corrected chi connectivity index (χ2v) is 12.1. The van der Waals surface area contributed by atoms with Crippen molar-refractivity contribution in [2.45, 2.75) is 81.9 Å². The Bertz CT molecular complexity index is 781. The molecule has 3 aliphatic rings. The van der Waals surface area contributed by atoms with Crippen molar-refractivity contribution in [1.29, 1.82) is 0 Å². The largest absolute Gasteiger partial charge is 0.466 e. The highest BCUT2D eigenvalue weighted by atomic mass is 32.2. The summed E-state index contributed by atoms with van der Waals surface area (Å²) < 4.78 is 4.76. The van der Waals surface area contributed by atoms with Crippen LogP contribution in [-0.2, 0) is 19.1 Å². The molecule has 186 valence electrons. The summed E-state index contributed by atoms with van der Waals surface area (Å²) in [6, 6.07) is -0.618. The fraction of sp³-hybridized carbons (Fsp3) is 0.800. The summed E-state index contributed by atoms with van der Waals surface area (Å²) in [6.45, 7) is 15.0. The Morgan fingerprint density at radius 1 is 1.33 bits per heavy atom. The number of hydrogen-bond acceptors (Lipinski definition) is 6. The van der Waals surface area contributed by atoms with Gasteiger partial charge in [0.15, 0.2) is 0 Å². The highest BCUT2D eigenvalue weighted by Crippen LogP contribution is 2.68. The molecule has 3 unspecified atom stereocenters. The van der Waals surface area contributed by atoms with Gasteiger partial charge in [0, 0.05) is 30.5 Å². The van der Waals surface area contributed by atoms with Crippen LogP contribution in [0.5, 0.6) is 0 Å². The van der Waals surface area contributed by atoms with E-state index in [1.54, 1.807) is 29.7 Å². The number of rotatable bonds is 10. The third-order valence-electron chi connectivity index (χ3n) is 7.48. The number of hydrogen-bond donors (Lipinski definition) is 1. The molecule has 1 N–H and O–H groups in total. The highest BCUT2D eigenvalue weighted by Gasteiger charge is 2.76. The Balaban J connectivity index is 2.05. The molecular weight excluding hydrogens is 440 g/mol. The van der Waals surface area contributed by atoms with Crippen LogP contribution in [0.2, 0.25) is 0 Å². The molecule has 3 aliphatic heterocycles. The lowest BCUT2D eigenvalue weighted by Crippen LogP contribution is -2.60. The van der Waals surface area contributed by atoms with E-state index in [4.69, 9.17) is 9.84 Å². The van der Waals surface area contributed by atoms with Crippen LogP contribution in [0.4, 0.5) is 0 Å². The molecule has 3 fully saturated rings. The highest BCUT2D eigenvalue weighted by molar-refractivity contribution is 8.02. The number of fused-ring (bicyclic) bond motifs is 1. The van der Waals surface area contributed by atoms with Gasteiger partial charge in [-0.15, -0.1) is 18.3 Å². The number of aliphatic hydroxyl groups excluding tert-OH is 1. The number of carbonyl (C=O) groups is 3. The Labute approximate surface area is 202 Å². The van der Waals surface area contributed by atoms with Crippen molar-refractivity contribution in [1.82, 2.24) is 9.80 Å². The minimum atomic E-state index is -0.627. The van der Waals surface area contributed by atoms with Crippen LogP contribution in [0, 0.1) is 17.8 Å². The summed E-state index contributed by atoms with van der Waals surface area (Å²) in [5, 5.41) is 9.17. The molecule has 0 radical (unpaired) electrons. The number of esters is 1. The number of amides is 2. The molecule has 3 heterocycles. The van der Waals surface area contributed by atoms with Gasteiger partial charge in [-0.1, -0.05) is 13.0 Å². The molecule has 2 amide bonds. The van der Waals surface area contributed by atoms with Crippen LogP contribution in [0.1, 0.15) is 60.3 Å². The van der Waals surface area contributed by atoms with E-state index in [-0.39, 0.29) is 42.2 Å². The zero-order valence-electron chi connectivity index (χ0n) is 20.7. The molecule has 2 bridgehead atoms. The minimum Gasteiger partial charge on any atom is -0.466 e. The van der Waals surface area contributed by atoms with Gasteiger partial charge in [-0.2, -0.15) is 0 Å². The third-order valence-corrected chi connectivity index (χ3v) is 9.56. The molecule has 3 saturated heterocycles. The van der Waals surface area contributed by atoms with Crippen LogP contribution in [0.3, 0.4) is 0 Å². The predicted octanol–water partition coefficient (Wildman–Crippen LogP) is 2.86. The van der Waals surface area contributed by atoms with E-state index in [1.165, 1.54) is 0 Å². The van der Waals surface area contributed by atoms with Crippen molar-refractivity contribution >= 4 is 29.5 Å². The van der Waals surface area contributed by atoms with Gasteiger partial charge in [0.05, 0.1) is 23.2 Å². The maximum Gasteiger partial charge on any atom is 0.310 e. The van der Waals surface area contributed by atoms with Crippen LogP contribution in [0.25, 0.3) is 0 Å². The fourth-order valence-electron chi connectivity index (χ4n) is 6.09. The zero-order chi connectivity index (χ0) is 24.6. The molecule has 3 rings (SSSR count). The van der Waals surface area contributed by atoms with E-state index in [1.807, 2.05) is 25.7 Å². The molecular formula is C25H40N2O5S. The first kappa shape index (κ1) is 26.1. The maximum absolute atomic E-state index is 14.2. The minimum absolute atomic E-state index is 0.00216. The average molecular weight is 481 g/mol. The molecule has 1 spiro atoms. The number of unbranched alkanes of at least 4 members (excludes halogenated alkanes) is 2. The Hall–Kier alpha value is -1.54. The molecule has 6 atom stereocenters. The lowest BCUT2D eigenvalue weighted by atomic mass is 9.66. The number of likely N-dealkylation sites (tertiary alicyclic amines) is 1. The van der Waals surface area contributed by atoms with Gasteiger partial charge in [-0.05, 0) is 59.3 Å². The number of carbonyl (C=O) groups excluding carboxylic acids is 3. The Morgan fingerprint density at radius 2 is 2.03 bits per heavy atom. The zero-order valence-corrected chi connectivity index (χ0v) is 21.5. The summed E-state index contributed by atoms with van der Waals surface area (Å²) >= 11 is 1.68. The van der Waals surface area contributed by atoms with Gasteiger partial charge < -0.3 is 19.6 Å². The van der Waals surface area contributed by atoms with Crippen LogP contribution in [0.15, 0.2) is 12.7 Å². The van der Waals surface area contributed by atoms with Gasteiger partial charge in [-0.3, -0.25) is 14.4 Å². The summed E-state index contributed by atoms with van der Waals surface area (Å²) in [7, 11) is 0. The van der Waals surface area contributed by atoms with Gasteiger partial charge in [0.1, 0.15) is 6.04 Å². The number of ether oxygens (including phenoxy) is 1. The number of thioether (sulfide) groups is 1. The molecule has 8 heteroatoms. The monoisotopic (exact) mass is 480 g/mol. The Morgan fingerprint density at radius 3 is 2.61 bits per heavy atom. The van der Waals surface area contributed by atoms with E-state index < -0.39 is 28.2 Å². The lowest BCUT2D eigenvalue weighted by Gasteiger charge is -2.44. The first-order chi connectivity index (χ1) is 15.6. The summed E-state index contributed by atoms with van der Waals surface area (Å²) in [5.41, 5.74) is -0.434. The quantitative estimate of drug-likeness (QED) is 0.294.